The first-order valence-corrected chi connectivity index (χ1v) is 5.46. The summed E-state index contributed by atoms with van der Waals surface area (Å²) in [6.45, 7) is 0. The molecule has 1 aliphatic rings. The molecule has 84 valence electrons. The predicted molar refractivity (Wildman–Crippen MR) is 65.6 cm³/mol. The highest BCUT2D eigenvalue weighted by Gasteiger charge is 2.28. The lowest BCUT2D eigenvalue weighted by Gasteiger charge is -2.05. The Morgan fingerprint density at radius 1 is 1.38 bits per heavy atom. The smallest absolute Gasteiger partial charge is 0.184 e. The Labute approximate surface area is 98.5 Å². The number of nitrogens with two attached hydrogens (primary N) is 1. The van der Waals surface area contributed by atoms with E-state index in [2.05, 4.69) is 10.5 Å². The molecule has 0 aromatic heterocycles. The number of benzene rings is 1. The highest BCUT2D eigenvalue weighted by molar-refractivity contribution is 7.80. The summed E-state index contributed by atoms with van der Waals surface area (Å²) in [6.07, 6.45) is 2.21. The third kappa shape index (κ3) is 2.76. The van der Waals surface area contributed by atoms with Crippen LogP contribution in [0, 0.1) is 11.7 Å². The molecular formula is C11H12FN3S. The van der Waals surface area contributed by atoms with Crippen molar-refractivity contribution in [3.8, 4) is 0 Å². The molecule has 0 saturated heterocycles. The Kier molecular flexibility index (Phi) is 3.14. The summed E-state index contributed by atoms with van der Waals surface area (Å²) in [6, 6.07) is 6.28. The van der Waals surface area contributed by atoms with E-state index in [0.717, 1.165) is 24.1 Å². The second-order valence-electron chi connectivity index (χ2n) is 3.75. The number of thiocarbonyl (C=S) groups is 1. The summed E-state index contributed by atoms with van der Waals surface area (Å²) in [5.74, 6) is 0.188. The maximum Gasteiger partial charge on any atom is 0.184 e. The van der Waals surface area contributed by atoms with E-state index in [1.165, 1.54) is 12.1 Å². The molecule has 3 nitrogen and oxygen atoms in total. The second-order valence-corrected chi connectivity index (χ2v) is 4.19. The van der Waals surface area contributed by atoms with E-state index in [9.17, 15) is 4.39 Å². The fourth-order valence-electron chi connectivity index (χ4n) is 1.48. The molecule has 0 amide bonds. The molecule has 1 saturated carbocycles. The Morgan fingerprint density at radius 2 is 2.00 bits per heavy atom. The fraction of sp³-hybridized carbons (Fsp3) is 0.273. The van der Waals surface area contributed by atoms with Crippen LogP contribution in [0.2, 0.25) is 0 Å². The largest absolute Gasteiger partial charge is 0.375 e. The quantitative estimate of drug-likeness (QED) is 0.478. The number of hydrogen-bond donors (Lipinski definition) is 2. The van der Waals surface area contributed by atoms with Gasteiger partial charge in [0.1, 0.15) is 5.82 Å². The van der Waals surface area contributed by atoms with Crippen molar-refractivity contribution in [2.75, 3.05) is 0 Å². The molecular weight excluding hydrogens is 225 g/mol. The van der Waals surface area contributed by atoms with Gasteiger partial charge in [-0.3, -0.25) is 5.43 Å². The molecule has 1 fully saturated rings. The second kappa shape index (κ2) is 4.57. The molecule has 5 heteroatoms. The maximum absolute atomic E-state index is 12.8. The van der Waals surface area contributed by atoms with Crippen LogP contribution in [0.4, 0.5) is 4.39 Å². The lowest BCUT2D eigenvalue weighted by Crippen LogP contribution is -2.26. The number of nitrogens with one attached hydrogen (secondary N) is 1. The van der Waals surface area contributed by atoms with Crippen LogP contribution >= 0.6 is 12.2 Å². The number of nitrogens with zero attached hydrogens (tertiary/aromatic N) is 1. The molecule has 0 bridgehead atoms. The summed E-state index contributed by atoms with van der Waals surface area (Å²) >= 11 is 4.69. The Morgan fingerprint density at radius 3 is 2.50 bits per heavy atom. The monoisotopic (exact) mass is 237 g/mol. The molecule has 0 radical (unpaired) electrons. The van der Waals surface area contributed by atoms with Crippen molar-refractivity contribution in [2.24, 2.45) is 16.8 Å². The molecule has 16 heavy (non-hydrogen) atoms. The van der Waals surface area contributed by atoms with Gasteiger partial charge >= 0.3 is 0 Å². The SMILES string of the molecule is NC(=S)NN=C(c1ccc(F)cc1)C1CC1. The topological polar surface area (TPSA) is 50.4 Å². The van der Waals surface area contributed by atoms with Gasteiger partial charge in [-0.2, -0.15) is 5.10 Å². The molecule has 1 aliphatic carbocycles. The van der Waals surface area contributed by atoms with Crippen molar-refractivity contribution >= 4 is 23.0 Å². The number of rotatable bonds is 3. The highest BCUT2D eigenvalue weighted by Crippen LogP contribution is 2.33. The average molecular weight is 237 g/mol. The summed E-state index contributed by atoms with van der Waals surface area (Å²) in [5.41, 5.74) is 9.71. The normalized spacial score (nSPS) is 15.9. The van der Waals surface area contributed by atoms with Crippen molar-refractivity contribution in [3.05, 3.63) is 35.6 Å². The Balaban J connectivity index is 2.22. The van der Waals surface area contributed by atoms with E-state index in [1.807, 2.05) is 0 Å². The zero-order chi connectivity index (χ0) is 11.5. The van der Waals surface area contributed by atoms with Crippen LogP contribution in [0.5, 0.6) is 0 Å². The average Bonchev–Trinajstić information content (AvgIpc) is 3.04. The van der Waals surface area contributed by atoms with Gasteiger partial charge in [0, 0.05) is 5.92 Å². The molecule has 0 heterocycles. The highest BCUT2D eigenvalue weighted by atomic mass is 32.1. The molecule has 0 spiro atoms. The van der Waals surface area contributed by atoms with Gasteiger partial charge in [0.05, 0.1) is 5.71 Å². The standard InChI is InChI=1S/C11H12FN3S/c12-9-5-3-8(4-6-9)10(7-1-2-7)14-15-11(13)16/h3-7H,1-2H2,(H3,13,15,16). The minimum atomic E-state index is -0.249. The van der Waals surface area contributed by atoms with Crippen molar-refractivity contribution in [1.29, 1.82) is 0 Å². The Bertz CT molecular complexity index is 423. The van der Waals surface area contributed by atoms with Crippen LogP contribution in [0.1, 0.15) is 18.4 Å². The van der Waals surface area contributed by atoms with Crippen LogP contribution in [0.25, 0.3) is 0 Å². The molecule has 2 rings (SSSR count). The fourth-order valence-corrected chi connectivity index (χ4v) is 1.53. The van der Waals surface area contributed by atoms with E-state index in [4.69, 9.17) is 18.0 Å². The maximum atomic E-state index is 12.8. The lowest BCUT2D eigenvalue weighted by atomic mass is 10.1. The number of halogens is 1. The van der Waals surface area contributed by atoms with Gasteiger partial charge in [0.15, 0.2) is 5.11 Å². The lowest BCUT2D eigenvalue weighted by molar-refractivity contribution is 0.627. The van der Waals surface area contributed by atoms with Crippen LogP contribution in [-0.4, -0.2) is 10.8 Å². The Hall–Kier alpha value is -1.49. The van der Waals surface area contributed by atoms with E-state index in [-0.39, 0.29) is 10.9 Å². The summed E-state index contributed by atoms with van der Waals surface area (Å²) in [5, 5.41) is 4.30. The summed E-state index contributed by atoms with van der Waals surface area (Å²) < 4.78 is 12.8. The zero-order valence-corrected chi connectivity index (χ0v) is 9.43. The predicted octanol–water partition coefficient (Wildman–Crippen LogP) is 1.77. The van der Waals surface area contributed by atoms with Gasteiger partial charge < -0.3 is 5.73 Å². The third-order valence-corrected chi connectivity index (χ3v) is 2.48. The summed E-state index contributed by atoms with van der Waals surface area (Å²) in [7, 11) is 0. The molecule has 0 atom stereocenters. The van der Waals surface area contributed by atoms with Gasteiger partial charge in [0.2, 0.25) is 0 Å². The number of hydrazone groups is 1. The molecule has 3 N–H and O–H groups in total. The van der Waals surface area contributed by atoms with Gasteiger partial charge in [-0.15, -0.1) is 0 Å². The minimum Gasteiger partial charge on any atom is -0.375 e. The first-order valence-electron chi connectivity index (χ1n) is 5.06. The van der Waals surface area contributed by atoms with E-state index in [1.54, 1.807) is 12.1 Å². The number of hydrogen-bond acceptors (Lipinski definition) is 2. The van der Waals surface area contributed by atoms with Crippen molar-refractivity contribution in [1.82, 2.24) is 5.43 Å². The van der Waals surface area contributed by atoms with Gasteiger partial charge in [-0.25, -0.2) is 4.39 Å². The first-order chi connectivity index (χ1) is 7.66. The van der Waals surface area contributed by atoms with Gasteiger partial charge in [-0.1, -0.05) is 12.1 Å². The first kappa shape index (κ1) is 11.0. The van der Waals surface area contributed by atoms with Gasteiger partial charge in [-0.05, 0) is 42.8 Å². The van der Waals surface area contributed by atoms with Crippen LogP contribution in [0.15, 0.2) is 29.4 Å². The minimum absolute atomic E-state index is 0.139. The van der Waals surface area contributed by atoms with Crippen molar-refractivity contribution in [2.45, 2.75) is 12.8 Å². The molecule has 1 aromatic rings. The van der Waals surface area contributed by atoms with Gasteiger partial charge in [0.25, 0.3) is 0 Å². The third-order valence-electron chi connectivity index (χ3n) is 2.39. The summed E-state index contributed by atoms with van der Waals surface area (Å²) in [4.78, 5) is 0. The van der Waals surface area contributed by atoms with E-state index in [0.29, 0.717) is 5.92 Å². The van der Waals surface area contributed by atoms with Crippen molar-refractivity contribution in [3.63, 3.8) is 0 Å². The van der Waals surface area contributed by atoms with Crippen LogP contribution < -0.4 is 11.2 Å². The van der Waals surface area contributed by atoms with Crippen molar-refractivity contribution < 1.29 is 4.39 Å². The van der Waals surface area contributed by atoms with E-state index >= 15 is 0 Å². The van der Waals surface area contributed by atoms with Crippen LogP contribution in [-0.2, 0) is 0 Å². The molecule has 0 aliphatic heterocycles. The zero-order valence-electron chi connectivity index (χ0n) is 8.61. The molecule has 1 aromatic carbocycles. The van der Waals surface area contributed by atoms with Crippen LogP contribution in [0.3, 0.4) is 0 Å². The molecule has 0 unspecified atom stereocenters. The van der Waals surface area contributed by atoms with E-state index < -0.39 is 0 Å².